The molecule has 0 saturated carbocycles. The number of carbonyl (C=O) groups excluding carboxylic acids is 2. The molecule has 26 heavy (non-hydrogen) atoms. The number of rotatable bonds is 5. The zero-order valence-electron chi connectivity index (χ0n) is 13.6. The molecule has 0 aromatic heterocycles. The van der Waals surface area contributed by atoms with Crippen molar-refractivity contribution in [2.24, 2.45) is 0 Å². The number of carbonyl (C=O) groups is 2. The molecule has 0 spiro atoms. The van der Waals surface area contributed by atoms with E-state index in [4.69, 9.17) is 11.6 Å². The normalized spacial score (nSPS) is 14.0. The summed E-state index contributed by atoms with van der Waals surface area (Å²) in [4.78, 5) is 25.5. The molecule has 2 amide bonds. The Bertz CT molecular complexity index is 1020. The fraction of sp³-hybridized carbons (Fsp3) is 0.176. The lowest BCUT2D eigenvalue weighted by molar-refractivity contribution is 0.0657. The Labute approximate surface area is 154 Å². The molecule has 0 radical (unpaired) electrons. The van der Waals surface area contributed by atoms with Gasteiger partial charge in [-0.05, 0) is 42.8 Å². The second kappa shape index (κ2) is 6.79. The third kappa shape index (κ3) is 3.23. The number of amides is 2. The molecular weight excluding hydrogens is 383 g/mol. The van der Waals surface area contributed by atoms with Gasteiger partial charge in [0.2, 0.25) is 10.0 Å². The highest BCUT2D eigenvalue weighted by Gasteiger charge is 2.36. The van der Waals surface area contributed by atoms with Crippen LogP contribution in [0.2, 0.25) is 5.02 Å². The predicted octanol–water partition coefficient (Wildman–Crippen LogP) is 2.36. The number of imide groups is 1. The van der Waals surface area contributed by atoms with Crippen molar-refractivity contribution in [3.05, 3.63) is 63.9 Å². The van der Waals surface area contributed by atoms with Gasteiger partial charge in [0.25, 0.3) is 11.8 Å². The van der Waals surface area contributed by atoms with E-state index in [1.807, 2.05) is 0 Å². The highest BCUT2D eigenvalue weighted by atomic mass is 35.5. The summed E-state index contributed by atoms with van der Waals surface area (Å²) < 4.78 is 40.1. The fourth-order valence-corrected chi connectivity index (χ4v) is 4.02. The first-order valence-electron chi connectivity index (χ1n) is 7.63. The maximum atomic E-state index is 13.3. The summed E-state index contributed by atoms with van der Waals surface area (Å²) in [7, 11) is -3.89. The molecule has 0 saturated heterocycles. The van der Waals surface area contributed by atoms with E-state index < -0.39 is 27.7 Å². The summed E-state index contributed by atoms with van der Waals surface area (Å²) in [6.07, 6.45) is 0. The Morgan fingerprint density at radius 2 is 1.88 bits per heavy atom. The van der Waals surface area contributed by atoms with Crippen molar-refractivity contribution in [1.82, 2.24) is 9.62 Å². The molecular formula is C17H14ClFN2O4S. The van der Waals surface area contributed by atoms with Crippen molar-refractivity contribution >= 4 is 33.4 Å². The number of hydrogen-bond acceptors (Lipinski definition) is 4. The van der Waals surface area contributed by atoms with Gasteiger partial charge in [-0.3, -0.25) is 14.5 Å². The smallest absolute Gasteiger partial charge is 0.263 e. The average molecular weight is 397 g/mol. The first-order chi connectivity index (χ1) is 12.2. The van der Waals surface area contributed by atoms with Crippen LogP contribution in [0.5, 0.6) is 0 Å². The van der Waals surface area contributed by atoms with E-state index in [1.54, 1.807) is 6.07 Å². The molecule has 1 aliphatic heterocycles. The van der Waals surface area contributed by atoms with E-state index in [2.05, 4.69) is 4.72 Å². The van der Waals surface area contributed by atoms with E-state index in [1.165, 1.54) is 25.1 Å². The molecule has 2 aromatic rings. The van der Waals surface area contributed by atoms with Crippen molar-refractivity contribution in [2.45, 2.75) is 11.8 Å². The summed E-state index contributed by atoms with van der Waals surface area (Å²) in [5.74, 6) is -1.59. The lowest BCUT2D eigenvalue weighted by Crippen LogP contribution is -2.38. The number of nitrogens with zero attached hydrogens (tertiary/aromatic N) is 1. The summed E-state index contributed by atoms with van der Waals surface area (Å²) in [5.41, 5.74) is 0.513. The van der Waals surface area contributed by atoms with Crippen LogP contribution in [-0.4, -0.2) is 38.2 Å². The highest BCUT2D eigenvalue weighted by Crippen LogP contribution is 2.28. The van der Waals surface area contributed by atoms with Crippen molar-refractivity contribution in [1.29, 1.82) is 0 Å². The quantitative estimate of drug-likeness (QED) is 0.786. The molecule has 136 valence electrons. The number of sulfonamides is 1. The van der Waals surface area contributed by atoms with Crippen LogP contribution in [0.3, 0.4) is 0 Å². The fourth-order valence-electron chi connectivity index (χ4n) is 2.65. The third-order valence-electron chi connectivity index (χ3n) is 4.02. The van der Waals surface area contributed by atoms with Crippen LogP contribution in [0.4, 0.5) is 4.39 Å². The molecule has 0 fully saturated rings. The van der Waals surface area contributed by atoms with Gasteiger partial charge in [0.1, 0.15) is 5.82 Å². The van der Waals surface area contributed by atoms with Gasteiger partial charge in [0, 0.05) is 13.1 Å². The molecule has 6 nitrogen and oxygen atoms in total. The second-order valence-electron chi connectivity index (χ2n) is 5.73. The van der Waals surface area contributed by atoms with E-state index >= 15 is 0 Å². The first kappa shape index (κ1) is 18.5. The Kier molecular flexibility index (Phi) is 4.83. The van der Waals surface area contributed by atoms with E-state index in [-0.39, 0.29) is 39.7 Å². The van der Waals surface area contributed by atoms with Gasteiger partial charge >= 0.3 is 0 Å². The van der Waals surface area contributed by atoms with Gasteiger partial charge in [-0.1, -0.05) is 17.7 Å². The molecule has 1 aliphatic rings. The van der Waals surface area contributed by atoms with Crippen LogP contribution in [0, 0.1) is 12.7 Å². The summed E-state index contributed by atoms with van der Waals surface area (Å²) in [5, 5.41) is 0.172. The molecule has 0 atom stereocenters. The van der Waals surface area contributed by atoms with E-state index in [0.717, 1.165) is 17.0 Å². The van der Waals surface area contributed by atoms with E-state index in [0.29, 0.717) is 0 Å². The number of nitrogens with one attached hydrogen (secondary N) is 1. The maximum absolute atomic E-state index is 13.3. The SMILES string of the molecule is Cc1cc(S(=O)(=O)NCCN2C(=O)c3cccc(Cl)c3C2=O)ccc1F. The Morgan fingerprint density at radius 3 is 2.54 bits per heavy atom. The van der Waals surface area contributed by atoms with Gasteiger partial charge < -0.3 is 0 Å². The zero-order chi connectivity index (χ0) is 19.1. The molecule has 0 aliphatic carbocycles. The second-order valence-corrected chi connectivity index (χ2v) is 7.91. The van der Waals surface area contributed by atoms with Crippen molar-refractivity contribution in [2.75, 3.05) is 13.1 Å². The van der Waals surface area contributed by atoms with Gasteiger partial charge in [0.15, 0.2) is 0 Å². The number of hydrogen-bond donors (Lipinski definition) is 1. The molecule has 0 unspecified atom stereocenters. The predicted molar refractivity (Wildman–Crippen MR) is 93.1 cm³/mol. The minimum Gasteiger partial charge on any atom is -0.273 e. The Balaban J connectivity index is 1.70. The molecule has 2 aromatic carbocycles. The van der Waals surface area contributed by atoms with Crippen molar-refractivity contribution < 1.29 is 22.4 Å². The zero-order valence-corrected chi connectivity index (χ0v) is 15.2. The number of fused-ring (bicyclic) bond motifs is 1. The van der Waals surface area contributed by atoms with Crippen LogP contribution in [0.25, 0.3) is 0 Å². The lowest BCUT2D eigenvalue weighted by Gasteiger charge is -2.14. The van der Waals surface area contributed by atoms with Crippen molar-refractivity contribution in [3.63, 3.8) is 0 Å². The number of aryl methyl sites for hydroxylation is 1. The standard InChI is InChI=1S/C17H14ClFN2O4S/c1-10-9-11(5-6-14(10)19)26(24,25)20-7-8-21-16(22)12-3-2-4-13(18)15(12)17(21)23/h2-6,9,20H,7-8H2,1H3. The van der Waals surface area contributed by atoms with Crippen LogP contribution in [0.15, 0.2) is 41.3 Å². The minimum atomic E-state index is -3.89. The van der Waals surface area contributed by atoms with Crippen LogP contribution < -0.4 is 4.72 Å². The highest BCUT2D eigenvalue weighted by molar-refractivity contribution is 7.89. The minimum absolute atomic E-state index is 0.0956. The molecule has 3 rings (SSSR count). The van der Waals surface area contributed by atoms with E-state index in [9.17, 15) is 22.4 Å². The Hall–Kier alpha value is -2.29. The largest absolute Gasteiger partial charge is 0.273 e. The topological polar surface area (TPSA) is 83.6 Å². The number of halogens is 2. The molecule has 9 heteroatoms. The Morgan fingerprint density at radius 1 is 1.15 bits per heavy atom. The molecule has 0 bridgehead atoms. The van der Waals surface area contributed by atoms with Gasteiger partial charge in [-0.25, -0.2) is 17.5 Å². The first-order valence-corrected chi connectivity index (χ1v) is 9.49. The summed E-state index contributed by atoms with van der Waals surface area (Å²) in [6.45, 7) is 1.13. The van der Waals surface area contributed by atoms with Crippen LogP contribution in [-0.2, 0) is 10.0 Å². The summed E-state index contributed by atoms with van der Waals surface area (Å²) >= 11 is 5.97. The summed E-state index contributed by atoms with van der Waals surface area (Å²) in [6, 6.07) is 7.99. The van der Waals surface area contributed by atoms with Crippen LogP contribution in [0.1, 0.15) is 26.3 Å². The van der Waals surface area contributed by atoms with Gasteiger partial charge in [-0.2, -0.15) is 0 Å². The third-order valence-corrected chi connectivity index (χ3v) is 5.79. The van der Waals surface area contributed by atoms with Gasteiger partial charge in [-0.15, -0.1) is 0 Å². The van der Waals surface area contributed by atoms with Crippen molar-refractivity contribution in [3.8, 4) is 0 Å². The van der Waals surface area contributed by atoms with Gasteiger partial charge in [0.05, 0.1) is 21.0 Å². The maximum Gasteiger partial charge on any atom is 0.263 e. The molecule has 1 heterocycles. The average Bonchev–Trinajstić information content (AvgIpc) is 2.83. The number of benzene rings is 2. The molecule has 1 N–H and O–H groups in total. The lowest BCUT2D eigenvalue weighted by atomic mass is 10.1. The van der Waals surface area contributed by atoms with Crippen LogP contribution >= 0.6 is 11.6 Å². The monoisotopic (exact) mass is 396 g/mol.